The number of rotatable bonds is 6. The van der Waals surface area contributed by atoms with Gasteiger partial charge >= 0.3 is 0 Å². The van der Waals surface area contributed by atoms with Crippen molar-refractivity contribution in [1.29, 1.82) is 0 Å². The standard InChI is InChI=1S/C24H32N4O3/c1-24(2)14-20(19-11-6-7-12-21(19)31-24)27-23(25-3)26-15-17-9-8-10-18(13-17)30-16-22(29)28(4)5/h6-13,20H,14-16H2,1-5H3,(H2,25,26,27). The first-order valence-electron chi connectivity index (χ1n) is 10.4. The van der Waals surface area contributed by atoms with E-state index >= 15 is 0 Å². The molecule has 0 bridgehead atoms. The molecule has 0 saturated heterocycles. The van der Waals surface area contributed by atoms with Crippen molar-refractivity contribution in [3.8, 4) is 11.5 Å². The maximum atomic E-state index is 11.7. The van der Waals surface area contributed by atoms with E-state index in [-0.39, 0.29) is 24.2 Å². The van der Waals surface area contributed by atoms with E-state index in [0.717, 1.165) is 23.3 Å². The average Bonchev–Trinajstić information content (AvgIpc) is 2.74. The highest BCUT2D eigenvalue weighted by atomic mass is 16.5. The summed E-state index contributed by atoms with van der Waals surface area (Å²) in [6.45, 7) is 4.79. The molecule has 1 unspecified atom stereocenters. The van der Waals surface area contributed by atoms with Gasteiger partial charge in [0.15, 0.2) is 12.6 Å². The van der Waals surface area contributed by atoms with Gasteiger partial charge in [0.1, 0.15) is 17.1 Å². The van der Waals surface area contributed by atoms with Crippen molar-refractivity contribution in [2.24, 2.45) is 4.99 Å². The van der Waals surface area contributed by atoms with E-state index in [4.69, 9.17) is 9.47 Å². The van der Waals surface area contributed by atoms with Crippen LogP contribution in [0.2, 0.25) is 0 Å². The number of ether oxygens (including phenoxy) is 2. The van der Waals surface area contributed by atoms with Crippen LogP contribution in [-0.2, 0) is 11.3 Å². The van der Waals surface area contributed by atoms with E-state index in [2.05, 4.69) is 35.5 Å². The molecule has 0 fully saturated rings. The first-order chi connectivity index (χ1) is 14.8. The summed E-state index contributed by atoms with van der Waals surface area (Å²) in [6.07, 6.45) is 0.827. The number of nitrogens with one attached hydrogen (secondary N) is 2. The summed E-state index contributed by atoms with van der Waals surface area (Å²) in [7, 11) is 5.18. The number of amides is 1. The maximum Gasteiger partial charge on any atom is 0.259 e. The molecule has 1 heterocycles. The van der Waals surface area contributed by atoms with E-state index in [1.807, 2.05) is 42.5 Å². The molecule has 2 N–H and O–H groups in total. The van der Waals surface area contributed by atoms with Crippen molar-refractivity contribution >= 4 is 11.9 Å². The summed E-state index contributed by atoms with van der Waals surface area (Å²) in [5, 5.41) is 6.90. The van der Waals surface area contributed by atoms with Gasteiger partial charge in [0.05, 0.1) is 6.04 Å². The Kier molecular flexibility index (Phi) is 7.05. The molecule has 166 valence electrons. The minimum absolute atomic E-state index is 0.0199. The van der Waals surface area contributed by atoms with E-state index in [9.17, 15) is 4.79 Å². The van der Waals surface area contributed by atoms with E-state index in [0.29, 0.717) is 18.3 Å². The first-order valence-corrected chi connectivity index (χ1v) is 10.4. The number of carbonyl (C=O) groups excluding carboxylic acids is 1. The fourth-order valence-corrected chi connectivity index (χ4v) is 3.50. The van der Waals surface area contributed by atoms with Gasteiger partial charge in [-0.25, -0.2) is 0 Å². The van der Waals surface area contributed by atoms with E-state index in [1.54, 1.807) is 21.1 Å². The second-order valence-electron chi connectivity index (χ2n) is 8.45. The lowest BCUT2D eigenvalue weighted by Gasteiger charge is -2.38. The molecule has 31 heavy (non-hydrogen) atoms. The molecule has 2 aromatic carbocycles. The third-order valence-corrected chi connectivity index (χ3v) is 5.13. The third-order valence-electron chi connectivity index (χ3n) is 5.13. The lowest BCUT2D eigenvalue weighted by Crippen LogP contribution is -2.45. The Morgan fingerprint density at radius 1 is 1.23 bits per heavy atom. The second-order valence-corrected chi connectivity index (χ2v) is 8.45. The molecule has 1 aliphatic rings. The molecule has 7 nitrogen and oxygen atoms in total. The zero-order chi connectivity index (χ0) is 22.4. The molecular weight excluding hydrogens is 392 g/mol. The summed E-state index contributed by atoms with van der Waals surface area (Å²) < 4.78 is 11.7. The Hall–Kier alpha value is -3.22. The lowest BCUT2D eigenvalue weighted by atomic mass is 9.90. The smallest absolute Gasteiger partial charge is 0.259 e. The van der Waals surface area contributed by atoms with Gasteiger partial charge in [-0.2, -0.15) is 0 Å². The van der Waals surface area contributed by atoms with Crippen molar-refractivity contribution in [2.45, 2.75) is 38.5 Å². The van der Waals surface area contributed by atoms with Crippen LogP contribution < -0.4 is 20.1 Å². The Morgan fingerprint density at radius 3 is 2.74 bits per heavy atom. The molecule has 0 spiro atoms. The van der Waals surface area contributed by atoms with Crippen molar-refractivity contribution in [3.63, 3.8) is 0 Å². The van der Waals surface area contributed by atoms with Gasteiger partial charge < -0.3 is 25.0 Å². The zero-order valence-electron chi connectivity index (χ0n) is 18.9. The quantitative estimate of drug-likeness (QED) is 0.551. The number of aliphatic imine (C=N–C) groups is 1. The van der Waals surface area contributed by atoms with Crippen LogP contribution in [0.25, 0.3) is 0 Å². The minimum Gasteiger partial charge on any atom is -0.487 e. The summed E-state index contributed by atoms with van der Waals surface area (Å²) in [5.74, 6) is 2.21. The molecule has 1 atom stereocenters. The largest absolute Gasteiger partial charge is 0.487 e. The molecule has 0 saturated carbocycles. The highest BCUT2D eigenvalue weighted by Gasteiger charge is 2.33. The lowest BCUT2D eigenvalue weighted by molar-refractivity contribution is -0.130. The van der Waals surface area contributed by atoms with Crippen LogP contribution in [0, 0.1) is 0 Å². The Labute approximate surface area is 184 Å². The third kappa shape index (κ3) is 6.13. The SMILES string of the molecule is CN=C(NCc1cccc(OCC(=O)N(C)C)c1)NC1CC(C)(C)Oc2ccccc21. The van der Waals surface area contributed by atoms with Crippen LogP contribution in [0.5, 0.6) is 11.5 Å². The first kappa shape index (κ1) is 22.5. The molecule has 0 radical (unpaired) electrons. The summed E-state index contributed by atoms with van der Waals surface area (Å²) in [6, 6.07) is 15.9. The van der Waals surface area contributed by atoms with E-state index < -0.39 is 0 Å². The Bertz CT molecular complexity index is 940. The molecule has 7 heteroatoms. The van der Waals surface area contributed by atoms with Gasteiger partial charge in [-0.1, -0.05) is 30.3 Å². The van der Waals surface area contributed by atoms with Crippen molar-refractivity contribution in [3.05, 3.63) is 59.7 Å². The highest BCUT2D eigenvalue weighted by molar-refractivity contribution is 5.80. The maximum absolute atomic E-state index is 11.7. The summed E-state index contributed by atoms with van der Waals surface area (Å²) in [4.78, 5) is 17.6. The Morgan fingerprint density at radius 2 is 2.00 bits per heavy atom. The highest BCUT2D eigenvalue weighted by Crippen LogP contribution is 2.39. The molecule has 3 rings (SSSR count). The van der Waals surface area contributed by atoms with Gasteiger partial charge in [-0.15, -0.1) is 0 Å². The molecule has 0 aromatic heterocycles. The number of para-hydroxylation sites is 1. The fourth-order valence-electron chi connectivity index (χ4n) is 3.50. The van der Waals surface area contributed by atoms with Crippen LogP contribution in [0.3, 0.4) is 0 Å². The number of carbonyl (C=O) groups is 1. The molecule has 0 aliphatic carbocycles. The summed E-state index contributed by atoms with van der Waals surface area (Å²) >= 11 is 0. The van der Waals surface area contributed by atoms with Crippen LogP contribution in [-0.4, -0.2) is 50.1 Å². The second kappa shape index (κ2) is 9.73. The Balaban J connectivity index is 1.61. The van der Waals surface area contributed by atoms with Gasteiger partial charge in [-0.05, 0) is 37.6 Å². The minimum atomic E-state index is -0.263. The number of guanidine groups is 1. The van der Waals surface area contributed by atoms with Crippen molar-refractivity contribution in [2.75, 3.05) is 27.7 Å². The molecule has 2 aromatic rings. The van der Waals surface area contributed by atoms with Crippen LogP contribution in [0.15, 0.2) is 53.5 Å². The fraction of sp³-hybridized carbons (Fsp3) is 0.417. The predicted octanol–water partition coefficient (Wildman–Crippen LogP) is 3.12. The molecule has 1 aliphatic heterocycles. The predicted molar refractivity (Wildman–Crippen MR) is 122 cm³/mol. The van der Waals surface area contributed by atoms with Crippen LogP contribution in [0.4, 0.5) is 0 Å². The topological polar surface area (TPSA) is 75.2 Å². The number of hydrogen-bond donors (Lipinski definition) is 2. The number of hydrogen-bond acceptors (Lipinski definition) is 4. The van der Waals surface area contributed by atoms with Gasteiger partial charge in [0, 0.05) is 39.7 Å². The van der Waals surface area contributed by atoms with Crippen LogP contribution >= 0.6 is 0 Å². The number of nitrogens with zero attached hydrogens (tertiary/aromatic N) is 2. The van der Waals surface area contributed by atoms with Crippen molar-refractivity contribution < 1.29 is 14.3 Å². The monoisotopic (exact) mass is 424 g/mol. The average molecular weight is 425 g/mol. The normalized spacial score (nSPS) is 17.2. The van der Waals surface area contributed by atoms with Crippen LogP contribution in [0.1, 0.15) is 37.4 Å². The van der Waals surface area contributed by atoms with Gasteiger partial charge in [0.2, 0.25) is 0 Å². The zero-order valence-corrected chi connectivity index (χ0v) is 18.9. The molecular formula is C24H32N4O3. The van der Waals surface area contributed by atoms with Crippen molar-refractivity contribution in [1.82, 2.24) is 15.5 Å². The van der Waals surface area contributed by atoms with Gasteiger partial charge in [-0.3, -0.25) is 9.79 Å². The number of benzene rings is 2. The van der Waals surface area contributed by atoms with Gasteiger partial charge in [0.25, 0.3) is 5.91 Å². The summed E-state index contributed by atoms with van der Waals surface area (Å²) in [5.41, 5.74) is 1.90. The molecule has 1 amide bonds. The number of likely N-dealkylation sites (N-methyl/N-ethyl adjacent to an activating group) is 1. The number of fused-ring (bicyclic) bond motifs is 1. The van der Waals surface area contributed by atoms with E-state index in [1.165, 1.54) is 4.90 Å².